The Bertz CT molecular complexity index is 3180. The highest BCUT2D eigenvalue weighted by Crippen LogP contribution is 2.37. The highest BCUT2D eigenvalue weighted by atomic mass is 16.7. The van der Waals surface area contributed by atoms with Gasteiger partial charge in [0.15, 0.2) is 25.2 Å². The Morgan fingerprint density at radius 3 is 1.03 bits per heavy atom. The van der Waals surface area contributed by atoms with Gasteiger partial charge in [-0.05, 0) is 242 Å². The van der Waals surface area contributed by atoms with E-state index < -0.39 is 0 Å². The van der Waals surface area contributed by atoms with Crippen LogP contribution in [0.5, 0.6) is 28.7 Å². The molecule has 5 aromatic carbocycles. The van der Waals surface area contributed by atoms with Crippen molar-refractivity contribution < 1.29 is 47.4 Å². The Morgan fingerprint density at radius 2 is 0.658 bits per heavy atom. The van der Waals surface area contributed by atoms with Crippen LogP contribution in [-0.4, -0.2) is 70.4 Å². The Morgan fingerprint density at radius 1 is 0.316 bits per heavy atom. The van der Waals surface area contributed by atoms with Crippen molar-refractivity contribution in [2.45, 2.75) is 411 Å². The summed E-state index contributed by atoms with van der Waals surface area (Å²) in [5, 5.41) is 0. The van der Waals surface area contributed by atoms with E-state index >= 15 is 0 Å². The first kappa shape index (κ1) is 101. The predicted octanol–water partition coefficient (Wildman–Crippen LogP) is 31.4. The highest BCUT2D eigenvalue weighted by molar-refractivity contribution is 5.33. The van der Waals surface area contributed by atoms with Crippen molar-refractivity contribution in [1.82, 2.24) is 0 Å². The second-order valence-corrected chi connectivity index (χ2v) is 37.8. The van der Waals surface area contributed by atoms with Crippen molar-refractivity contribution in [3.63, 3.8) is 0 Å². The van der Waals surface area contributed by atoms with Gasteiger partial charge in [0.25, 0.3) is 0 Å². The largest absolute Gasteiger partial charge is 0.491 e. The van der Waals surface area contributed by atoms with Crippen LogP contribution in [0.3, 0.4) is 0 Å². The smallest absolute Gasteiger partial charge is 0.200 e. The van der Waals surface area contributed by atoms with Gasteiger partial charge in [-0.1, -0.05) is 308 Å². The van der Waals surface area contributed by atoms with Crippen LogP contribution in [-0.2, 0) is 23.7 Å². The van der Waals surface area contributed by atoms with Gasteiger partial charge in [0, 0.05) is 25.7 Å². The first-order valence-corrected chi connectivity index (χ1v) is 48.4. The summed E-state index contributed by atoms with van der Waals surface area (Å²) in [4.78, 5) is 0. The number of unbranched alkanes of at least 4 members (excludes halogenated alkanes) is 1. The van der Waals surface area contributed by atoms with E-state index in [-0.39, 0.29) is 25.2 Å². The molecule has 5 aromatic rings. The molecule has 9 atom stereocenters. The minimum Gasteiger partial charge on any atom is -0.491 e. The van der Waals surface area contributed by atoms with Crippen molar-refractivity contribution >= 4 is 0 Å². The van der Waals surface area contributed by atoms with Crippen LogP contribution in [0.4, 0.5) is 0 Å². The lowest BCUT2D eigenvalue weighted by molar-refractivity contribution is -0.136. The molecular weight excluding hydrogens is 1450 g/mol. The third-order valence-electron chi connectivity index (χ3n) is 26.3. The molecule has 4 saturated carbocycles. The molecule has 4 fully saturated rings. The van der Waals surface area contributed by atoms with Crippen LogP contribution < -0.4 is 23.7 Å². The summed E-state index contributed by atoms with van der Waals surface area (Å²) in [5.41, 5.74) is 6.95. The summed E-state index contributed by atoms with van der Waals surface area (Å²) < 4.78 is 62.3. The Kier molecular flexibility index (Phi) is 50.0. The molecule has 9 rings (SSSR count). The van der Waals surface area contributed by atoms with Crippen molar-refractivity contribution in [3.8, 4) is 28.7 Å². The fourth-order valence-corrected chi connectivity index (χ4v) is 17.6. The van der Waals surface area contributed by atoms with E-state index in [0.29, 0.717) is 110 Å². The van der Waals surface area contributed by atoms with Gasteiger partial charge in [-0.2, -0.15) is 0 Å². The molecule has 10 heteroatoms. The van der Waals surface area contributed by atoms with Crippen molar-refractivity contribution in [2.75, 3.05) is 33.0 Å². The molecule has 10 nitrogen and oxygen atoms in total. The normalized spacial score (nSPS) is 17.7. The van der Waals surface area contributed by atoms with Crippen molar-refractivity contribution in [2.24, 2.45) is 53.3 Å². The van der Waals surface area contributed by atoms with E-state index in [1.54, 1.807) is 0 Å². The van der Waals surface area contributed by atoms with E-state index in [9.17, 15) is 0 Å². The summed E-state index contributed by atoms with van der Waals surface area (Å²) in [6, 6.07) is 43.1. The molecule has 0 aliphatic heterocycles. The van der Waals surface area contributed by atoms with Crippen LogP contribution in [0, 0.1) is 53.3 Å². The molecule has 0 spiro atoms. The number of rotatable bonds is 48. The summed E-state index contributed by atoms with van der Waals surface area (Å²) in [7, 11) is 0. The minimum atomic E-state index is -0.256. The van der Waals surface area contributed by atoms with E-state index in [2.05, 4.69) is 260 Å². The number of benzene rings is 5. The lowest BCUT2D eigenvalue weighted by atomic mass is 9.83. The standard InChI is InChI=1S/C32H48O3.C27H46O3.C27H46O2.C21H34O2/c1-5-7-11-25(3)24-32(35-31-20-14-27(15-21-31)26(4)6-2)34-23-22-33-30-18-16-29(17-19-30)28-12-9-8-10-13-28;1-7-22(6)23-13-15-25(16-14-23)30-27(19-26(20(2)3)21(4)5)29-18-17-28-24-11-9-8-10-12-24;1-7-22(6)24-13-15-25(16-14-24)29-27(19-26(20(2)3)21(4)5)28-18-17-23-11-9-8-10-12-23;1-5-17(4)18-11-13-20(14-12-18)23-21(15-16(2)3)22-19-9-7-6-8-10-19/h14-21,25-26,28,32H,5-13,22-24H2,1-4H3;13-16,20-22,24,26-27H,7-12,17-19H2,1-6H3;13-16,20-23,26-27H,7-12,17-19H2,1-6H3;11-14,16-17,19,21H,5-10,15H2,1-4H3. The van der Waals surface area contributed by atoms with Gasteiger partial charge in [0.05, 0.1) is 38.6 Å². The maximum atomic E-state index is 6.38. The summed E-state index contributed by atoms with van der Waals surface area (Å²) >= 11 is 0. The fourth-order valence-electron chi connectivity index (χ4n) is 17.6. The molecule has 0 bridgehead atoms. The quantitative estimate of drug-likeness (QED) is 0.0277. The lowest BCUT2D eigenvalue weighted by Crippen LogP contribution is -2.30. The zero-order valence-corrected chi connectivity index (χ0v) is 78.3. The Hall–Kier alpha value is -5.10. The van der Waals surface area contributed by atoms with Crippen LogP contribution in [0.15, 0.2) is 121 Å². The maximum absolute atomic E-state index is 6.38. The summed E-state index contributed by atoms with van der Waals surface area (Å²) in [6.45, 7) is 48.6. The molecule has 0 radical (unpaired) electrons. The SMILES string of the molecule is CCC(C)c1ccc(OC(CC(C(C)C)C(C)C)OCCC2CCCCC2)cc1.CCC(C)c1ccc(OC(CC(C(C)C)C(C)C)OCCOC2CCCCC2)cc1.CCC(C)c1ccc(OC(CC(C)C)OC2CCCCC2)cc1.CCCCC(C)CC(OCCOc1ccc(C2CCCCC2)cc1)Oc1ccc(C(C)CC)cc1. The molecule has 0 saturated heterocycles. The number of hydrogen-bond acceptors (Lipinski definition) is 10. The van der Waals surface area contributed by atoms with Gasteiger partial charge in [-0.25, -0.2) is 0 Å². The molecule has 662 valence electrons. The minimum absolute atomic E-state index is 0.118. The molecule has 4 aliphatic rings. The van der Waals surface area contributed by atoms with Gasteiger partial charge in [-0.15, -0.1) is 0 Å². The van der Waals surface area contributed by atoms with E-state index in [0.717, 1.165) is 92.1 Å². The molecule has 0 N–H and O–H groups in total. The topological polar surface area (TPSA) is 92.3 Å². The molecule has 117 heavy (non-hydrogen) atoms. The molecule has 9 unspecified atom stereocenters. The van der Waals surface area contributed by atoms with Crippen molar-refractivity contribution in [3.05, 3.63) is 149 Å². The monoisotopic (exact) mass is 1620 g/mol. The zero-order chi connectivity index (χ0) is 84.7. The third kappa shape index (κ3) is 40.2. The van der Waals surface area contributed by atoms with Gasteiger partial charge < -0.3 is 47.4 Å². The zero-order valence-electron chi connectivity index (χ0n) is 78.3. The van der Waals surface area contributed by atoms with E-state index in [1.165, 1.54) is 188 Å². The van der Waals surface area contributed by atoms with Gasteiger partial charge in [-0.3, -0.25) is 0 Å². The van der Waals surface area contributed by atoms with E-state index in [4.69, 9.17) is 47.4 Å². The maximum Gasteiger partial charge on any atom is 0.200 e. The molecule has 0 heterocycles. The first-order chi connectivity index (χ1) is 56.5. The average Bonchev–Trinajstić information content (AvgIpc) is 0.882. The molecule has 4 aliphatic carbocycles. The molecule has 0 aromatic heterocycles. The van der Waals surface area contributed by atoms with Gasteiger partial charge >= 0.3 is 0 Å². The van der Waals surface area contributed by atoms with Crippen LogP contribution in [0.1, 0.15) is 401 Å². The van der Waals surface area contributed by atoms with Crippen LogP contribution in [0.2, 0.25) is 0 Å². The van der Waals surface area contributed by atoms with Crippen molar-refractivity contribution in [1.29, 1.82) is 0 Å². The number of hydrogen-bond donors (Lipinski definition) is 0. The summed E-state index contributed by atoms with van der Waals surface area (Å²) in [5.74, 6) is 13.3. The third-order valence-corrected chi connectivity index (χ3v) is 26.3. The van der Waals surface area contributed by atoms with Crippen LogP contribution >= 0.6 is 0 Å². The Labute approximate surface area is 718 Å². The Balaban J connectivity index is 0.000000245. The highest BCUT2D eigenvalue weighted by Gasteiger charge is 2.29. The van der Waals surface area contributed by atoms with Gasteiger partial charge in [0.1, 0.15) is 35.4 Å². The second-order valence-electron chi connectivity index (χ2n) is 37.8. The van der Waals surface area contributed by atoms with Gasteiger partial charge in [0.2, 0.25) is 0 Å². The van der Waals surface area contributed by atoms with E-state index in [1.807, 2.05) is 0 Å². The summed E-state index contributed by atoms with van der Waals surface area (Å²) in [6.07, 6.45) is 39.7. The number of ether oxygens (including phenoxy) is 10. The lowest BCUT2D eigenvalue weighted by Gasteiger charge is -2.30. The average molecular weight is 1620 g/mol. The fraction of sp³-hybridized carbons (Fsp3) is 0.720. The molecular formula is C107H174O10. The van der Waals surface area contributed by atoms with Crippen LogP contribution in [0.25, 0.3) is 0 Å². The predicted molar refractivity (Wildman–Crippen MR) is 494 cm³/mol. The molecule has 0 amide bonds. The second kappa shape index (κ2) is 58.1. The first-order valence-electron chi connectivity index (χ1n) is 48.4.